The van der Waals surface area contributed by atoms with Crippen molar-refractivity contribution in [2.45, 2.75) is 26.2 Å². The molecular weight excluding hydrogens is 270 g/mol. The standard InChI is InChI=1S/C15H21N3O3/c1-3-8-16-15(20)17-11-6-7-12(13(10-11)21-2)18-9-4-5-14(18)19/h6-7,10H,3-5,8-9H2,1-2H3,(H2,16,17,20). The lowest BCUT2D eigenvalue weighted by atomic mass is 10.2. The Morgan fingerprint density at radius 3 is 2.86 bits per heavy atom. The monoisotopic (exact) mass is 291 g/mol. The molecule has 1 aliphatic rings. The normalized spacial score (nSPS) is 14.2. The van der Waals surface area contributed by atoms with Crippen LogP contribution in [-0.2, 0) is 4.79 Å². The van der Waals surface area contributed by atoms with Gasteiger partial charge in [-0.25, -0.2) is 4.79 Å². The Hall–Kier alpha value is -2.24. The fourth-order valence-corrected chi connectivity index (χ4v) is 2.30. The Labute approximate surface area is 124 Å². The average molecular weight is 291 g/mol. The predicted octanol–water partition coefficient (Wildman–Crippen LogP) is 2.35. The summed E-state index contributed by atoms with van der Waals surface area (Å²) in [7, 11) is 1.56. The van der Waals surface area contributed by atoms with Crippen LogP contribution >= 0.6 is 0 Å². The highest BCUT2D eigenvalue weighted by Gasteiger charge is 2.24. The molecule has 0 aliphatic carbocycles. The summed E-state index contributed by atoms with van der Waals surface area (Å²) in [5, 5.41) is 5.49. The van der Waals surface area contributed by atoms with Gasteiger partial charge in [0.2, 0.25) is 5.91 Å². The number of hydrogen-bond donors (Lipinski definition) is 2. The quantitative estimate of drug-likeness (QED) is 0.875. The molecule has 1 aromatic rings. The van der Waals surface area contributed by atoms with Gasteiger partial charge in [-0.1, -0.05) is 6.92 Å². The van der Waals surface area contributed by atoms with Gasteiger partial charge < -0.3 is 20.3 Å². The molecule has 6 nitrogen and oxygen atoms in total. The van der Waals surface area contributed by atoms with Crippen LogP contribution in [0.1, 0.15) is 26.2 Å². The minimum absolute atomic E-state index is 0.106. The highest BCUT2D eigenvalue weighted by atomic mass is 16.5. The fourth-order valence-electron chi connectivity index (χ4n) is 2.30. The summed E-state index contributed by atoms with van der Waals surface area (Å²) in [4.78, 5) is 25.2. The second-order valence-corrected chi connectivity index (χ2v) is 4.92. The van der Waals surface area contributed by atoms with E-state index < -0.39 is 0 Å². The topological polar surface area (TPSA) is 70.7 Å². The molecule has 1 aromatic carbocycles. The first kappa shape index (κ1) is 15.2. The molecular formula is C15H21N3O3. The Balaban J connectivity index is 2.12. The molecule has 0 spiro atoms. The van der Waals surface area contributed by atoms with Gasteiger partial charge in [0.05, 0.1) is 12.8 Å². The number of hydrogen-bond acceptors (Lipinski definition) is 3. The largest absolute Gasteiger partial charge is 0.494 e. The van der Waals surface area contributed by atoms with Crippen LogP contribution in [-0.4, -0.2) is 32.1 Å². The van der Waals surface area contributed by atoms with Gasteiger partial charge in [-0.05, 0) is 25.0 Å². The molecule has 6 heteroatoms. The fraction of sp³-hybridized carbons (Fsp3) is 0.467. The highest BCUT2D eigenvalue weighted by Crippen LogP contribution is 2.33. The maximum Gasteiger partial charge on any atom is 0.319 e. The molecule has 0 bridgehead atoms. The zero-order valence-corrected chi connectivity index (χ0v) is 12.4. The van der Waals surface area contributed by atoms with Crippen molar-refractivity contribution in [2.24, 2.45) is 0 Å². The van der Waals surface area contributed by atoms with Crippen molar-refractivity contribution >= 4 is 23.3 Å². The van der Waals surface area contributed by atoms with E-state index in [2.05, 4.69) is 10.6 Å². The van der Waals surface area contributed by atoms with Crippen molar-refractivity contribution in [3.63, 3.8) is 0 Å². The smallest absolute Gasteiger partial charge is 0.319 e. The number of benzene rings is 1. The van der Waals surface area contributed by atoms with Crippen molar-refractivity contribution in [3.8, 4) is 5.75 Å². The Morgan fingerprint density at radius 1 is 1.43 bits per heavy atom. The van der Waals surface area contributed by atoms with E-state index in [4.69, 9.17) is 4.74 Å². The Morgan fingerprint density at radius 2 is 2.24 bits per heavy atom. The lowest BCUT2D eigenvalue weighted by Gasteiger charge is -2.19. The van der Waals surface area contributed by atoms with Crippen molar-refractivity contribution in [3.05, 3.63) is 18.2 Å². The number of carbonyl (C=O) groups excluding carboxylic acids is 2. The molecule has 3 amide bonds. The molecule has 21 heavy (non-hydrogen) atoms. The molecule has 1 fully saturated rings. The zero-order chi connectivity index (χ0) is 15.2. The van der Waals surface area contributed by atoms with Crippen LogP contribution < -0.4 is 20.3 Å². The van der Waals surface area contributed by atoms with Crippen LogP contribution in [0, 0.1) is 0 Å². The minimum atomic E-state index is -0.246. The number of nitrogens with zero attached hydrogens (tertiary/aromatic N) is 1. The predicted molar refractivity (Wildman–Crippen MR) is 81.9 cm³/mol. The summed E-state index contributed by atoms with van der Waals surface area (Å²) in [5.41, 5.74) is 1.38. The van der Waals surface area contributed by atoms with Crippen LogP contribution in [0.25, 0.3) is 0 Å². The first-order valence-electron chi connectivity index (χ1n) is 7.19. The first-order valence-corrected chi connectivity index (χ1v) is 7.19. The number of ether oxygens (including phenoxy) is 1. The van der Waals surface area contributed by atoms with E-state index in [-0.39, 0.29) is 11.9 Å². The van der Waals surface area contributed by atoms with E-state index in [0.717, 1.165) is 18.5 Å². The van der Waals surface area contributed by atoms with Gasteiger partial charge in [-0.2, -0.15) is 0 Å². The van der Waals surface area contributed by atoms with Gasteiger partial charge in [0.15, 0.2) is 0 Å². The van der Waals surface area contributed by atoms with E-state index in [1.807, 2.05) is 6.92 Å². The van der Waals surface area contributed by atoms with Gasteiger partial charge in [-0.15, -0.1) is 0 Å². The SMILES string of the molecule is CCCNC(=O)Nc1ccc(N2CCCC2=O)c(OC)c1. The molecule has 2 rings (SSSR count). The number of carbonyl (C=O) groups is 2. The van der Waals surface area contributed by atoms with Crippen LogP contribution in [0.2, 0.25) is 0 Å². The van der Waals surface area contributed by atoms with Gasteiger partial charge in [-0.3, -0.25) is 4.79 Å². The van der Waals surface area contributed by atoms with E-state index in [9.17, 15) is 9.59 Å². The van der Waals surface area contributed by atoms with Crippen LogP contribution in [0.4, 0.5) is 16.2 Å². The third-order valence-electron chi connectivity index (χ3n) is 3.34. The lowest BCUT2D eigenvalue weighted by Crippen LogP contribution is -2.29. The Bertz CT molecular complexity index is 531. The van der Waals surface area contributed by atoms with Gasteiger partial charge in [0.25, 0.3) is 0 Å². The van der Waals surface area contributed by atoms with Crippen molar-refractivity contribution in [2.75, 3.05) is 30.4 Å². The molecule has 0 saturated carbocycles. The number of urea groups is 1. The molecule has 0 atom stereocenters. The van der Waals surface area contributed by atoms with Crippen molar-refractivity contribution < 1.29 is 14.3 Å². The van der Waals surface area contributed by atoms with Crippen molar-refractivity contribution in [1.82, 2.24) is 5.32 Å². The third kappa shape index (κ3) is 3.65. The summed E-state index contributed by atoms with van der Waals surface area (Å²) < 4.78 is 5.34. The molecule has 1 heterocycles. The minimum Gasteiger partial charge on any atom is -0.494 e. The summed E-state index contributed by atoms with van der Waals surface area (Å²) in [6.45, 7) is 3.33. The number of amides is 3. The number of nitrogens with one attached hydrogen (secondary N) is 2. The molecule has 0 radical (unpaired) electrons. The van der Waals surface area contributed by atoms with E-state index in [1.54, 1.807) is 30.2 Å². The van der Waals surface area contributed by atoms with Gasteiger partial charge in [0, 0.05) is 31.3 Å². The summed E-state index contributed by atoms with van der Waals surface area (Å²) in [6.07, 6.45) is 2.32. The summed E-state index contributed by atoms with van der Waals surface area (Å²) in [6, 6.07) is 5.06. The second kappa shape index (κ2) is 6.97. The zero-order valence-electron chi connectivity index (χ0n) is 12.4. The van der Waals surface area contributed by atoms with Gasteiger partial charge >= 0.3 is 6.03 Å². The maximum absolute atomic E-state index is 11.8. The maximum atomic E-state index is 11.8. The average Bonchev–Trinajstić information content (AvgIpc) is 2.91. The first-order chi connectivity index (χ1) is 10.2. The number of methoxy groups -OCH3 is 1. The number of rotatable bonds is 5. The van der Waals surface area contributed by atoms with Crippen molar-refractivity contribution in [1.29, 1.82) is 0 Å². The van der Waals surface area contributed by atoms with Gasteiger partial charge in [0.1, 0.15) is 5.75 Å². The molecule has 0 unspecified atom stereocenters. The highest BCUT2D eigenvalue weighted by molar-refractivity contribution is 5.97. The Kier molecular flexibility index (Phi) is 5.03. The number of anilines is 2. The molecule has 2 N–H and O–H groups in total. The van der Waals surface area contributed by atoms with E-state index in [1.165, 1.54) is 0 Å². The summed E-state index contributed by atoms with van der Waals surface area (Å²) >= 11 is 0. The van der Waals surface area contributed by atoms with Crippen LogP contribution in [0.5, 0.6) is 5.75 Å². The van der Waals surface area contributed by atoms with E-state index in [0.29, 0.717) is 30.9 Å². The third-order valence-corrected chi connectivity index (χ3v) is 3.34. The molecule has 1 saturated heterocycles. The van der Waals surface area contributed by atoms with Crippen LogP contribution in [0.15, 0.2) is 18.2 Å². The summed E-state index contributed by atoms with van der Waals surface area (Å²) in [5.74, 6) is 0.688. The second-order valence-electron chi connectivity index (χ2n) is 4.92. The van der Waals surface area contributed by atoms with Crippen LogP contribution in [0.3, 0.4) is 0 Å². The lowest BCUT2D eigenvalue weighted by molar-refractivity contribution is -0.117. The van der Waals surface area contributed by atoms with E-state index >= 15 is 0 Å². The molecule has 0 aromatic heterocycles. The molecule has 1 aliphatic heterocycles. The molecule has 114 valence electrons.